The highest BCUT2D eigenvalue weighted by molar-refractivity contribution is 6.09. The van der Waals surface area contributed by atoms with E-state index in [1.54, 1.807) is 12.1 Å². The van der Waals surface area contributed by atoms with E-state index in [-0.39, 0.29) is 17.0 Å². The maximum absolute atomic E-state index is 13.3. The van der Waals surface area contributed by atoms with Gasteiger partial charge in [0.1, 0.15) is 11.4 Å². The van der Waals surface area contributed by atoms with Gasteiger partial charge in [-0.1, -0.05) is 12.1 Å². The van der Waals surface area contributed by atoms with E-state index in [1.807, 2.05) is 0 Å². The maximum atomic E-state index is 13.3. The number of carbonyl (C=O) groups excluding carboxylic acids is 1. The van der Waals surface area contributed by atoms with Gasteiger partial charge in [0.05, 0.1) is 11.8 Å². The van der Waals surface area contributed by atoms with Crippen molar-refractivity contribution in [2.24, 2.45) is 7.05 Å². The van der Waals surface area contributed by atoms with E-state index in [2.05, 4.69) is 5.10 Å². The van der Waals surface area contributed by atoms with Crippen LogP contribution < -0.4 is 0 Å². The molecule has 0 fully saturated rings. The zero-order valence-corrected chi connectivity index (χ0v) is 8.51. The second kappa shape index (κ2) is 3.77. The molecule has 2 aromatic rings. The summed E-state index contributed by atoms with van der Waals surface area (Å²) in [5, 5.41) is 13.1. The average Bonchev–Trinajstić information content (AvgIpc) is 2.58. The highest BCUT2D eigenvalue weighted by Crippen LogP contribution is 2.20. The molecule has 5 heteroatoms. The average molecular weight is 220 g/mol. The number of aryl methyl sites for hydroxylation is 1. The topological polar surface area (TPSA) is 55.1 Å². The summed E-state index contributed by atoms with van der Waals surface area (Å²) in [5.41, 5.74) is -0.105. The van der Waals surface area contributed by atoms with Crippen molar-refractivity contribution >= 4 is 5.78 Å². The SMILES string of the molecule is Cn1ncc(F)c1C(=O)c1ccccc1O. The van der Waals surface area contributed by atoms with Gasteiger partial charge in [-0.25, -0.2) is 4.39 Å². The van der Waals surface area contributed by atoms with Crippen LogP contribution in [0.4, 0.5) is 4.39 Å². The molecule has 82 valence electrons. The molecule has 4 nitrogen and oxygen atoms in total. The minimum atomic E-state index is -0.698. The van der Waals surface area contributed by atoms with Crippen LogP contribution in [0.25, 0.3) is 0 Å². The molecule has 0 radical (unpaired) electrons. The van der Waals surface area contributed by atoms with Gasteiger partial charge in [-0.3, -0.25) is 9.48 Å². The van der Waals surface area contributed by atoms with Gasteiger partial charge in [-0.05, 0) is 12.1 Å². The van der Waals surface area contributed by atoms with E-state index in [0.717, 1.165) is 10.9 Å². The van der Waals surface area contributed by atoms with Crippen molar-refractivity contribution in [2.45, 2.75) is 0 Å². The minimum Gasteiger partial charge on any atom is -0.507 e. The van der Waals surface area contributed by atoms with E-state index in [9.17, 15) is 14.3 Å². The lowest BCUT2D eigenvalue weighted by Gasteiger charge is -2.03. The lowest BCUT2D eigenvalue weighted by molar-refractivity contribution is 0.102. The van der Waals surface area contributed by atoms with Crippen molar-refractivity contribution in [1.29, 1.82) is 0 Å². The summed E-state index contributed by atoms with van der Waals surface area (Å²) in [5.74, 6) is -1.46. The van der Waals surface area contributed by atoms with Crippen LogP contribution in [0.1, 0.15) is 16.1 Å². The van der Waals surface area contributed by atoms with Crippen LogP contribution in [-0.2, 0) is 7.05 Å². The van der Waals surface area contributed by atoms with Crippen LogP contribution >= 0.6 is 0 Å². The van der Waals surface area contributed by atoms with Crippen molar-refractivity contribution < 1.29 is 14.3 Å². The molecule has 1 heterocycles. The Balaban J connectivity index is 2.52. The molecule has 0 unspecified atom stereocenters. The number of hydrogen-bond donors (Lipinski definition) is 1. The number of hydrogen-bond acceptors (Lipinski definition) is 3. The summed E-state index contributed by atoms with van der Waals surface area (Å²) >= 11 is 0. The Morgan fingerprint density at radius 1 is 1.44 bits per heavy atom. The van der Waals surface area contributed by atoms with Crippen LogP contribution in [0, 0.1) is 5.82 Å². The van der Waals surface area contributed by atoms with Gasteiger partial charge in [-0.2, -0.15) is 5.10 Å². The Morgan fingerprint density at radius 3 is 2.69 bits per heavy atom. The van der Waals surface area contributed by atoms with Gasteiger partial charge < -0.3 is 5.11 Å². The standard InChI is InChI=1S/C11H9FN2O2/c1-14-10(8(12)6-13-14)11(16)7-4-2-3-5-9(7)15/h2-6,15H,1H3. The Kier molecular flexibility index (Phi) is 2.44. The Hall–Kier alpha value is -2.17. The van der Waals surface area contributed by atoms with Crippen molar-refractivity contribution in [3.63, 3.8) is 0 Å². The molecule has 0 amide bonds. The van der Waals surface area contributed by atoms with Crippen LogP contribution in [0.5, 0.6) is 5.75 Å². The monoisotopic (exact) mass is 220 g/mol. The van der Waals surface area contributed by atoms with Gasteiger partial charge in [-0.15, -0.1) is 0 Å². The van der Waals surface area contributed by atoms with Crippen LogP contribution in [0.2, 0.25) is 0 Å². The third kappa shape index (κ3) is 1.56. The van der Waals surface area contributed by atoms with Crippen LogP contribution in [0.3, 0.4) is 0 Å². The Bertz CT molecular complexity index is 529. The molecule has 0 aliphatic heterocycles. The highest BCUT2D eigenvalue weighted by Gasteiger charge is 2.20. The number of halogens is 1. The molecule has 0 bridgehead atoms. The number of para-hydroxylation sites is 1. The number of aromatic nitrogens is 2. The zero-order chi connectivity index (χ0) is 11.7. The molecule has 2 rings (SSSR count). The fourth-order valence-corrected chi connectivity index (χ4v) is 1.46. The smallest absolute Gasteiger partial charge is 0.217 e. The fraction of sp³-hybridized carbons (Fsp3) is 0.0909. The number of aromatic hydroxyl groups is 1. The Labute approximate surface area is 90.9 Å². The van der Waals surface area contributed by atoms with Gasteiger partial charge in [0.2, 0.25) is 5.78 Å². The molecule has 0 saturated carbocycles. The first-order valence-corrected chi connectivity index (χ1v) is 4.61. The van der Waals surface area contributed by atoms with Crippen molar-refractivity contribution in [3.05, 3.63) is 47.5 Å². The second-order valence-corrected chi connectivity index (χ2v) is 3.31. The fourth-order valence-electron chi connectivity index (χ4n) is 1.46. The van der Waals surface area contributed by atoms with E-state index in [0.29, 0.717) is 0 Å². The number of ketones is 1. The lowest BCUT2D eigenvalue weighted by Crippen LogP contribution is -2.10. The van der Waals surface area contributed by atoms with Crippen molar-refractivity contribution in [2.75, 3.05) is 0 Å². The molecule has 16 heavy (non-hydrogen) atoms. The van der Waals surface area contributed by atoms with E-state index in [4.69, 9.17) is 0 Å². The molecule has 1 aromatic heterocycles. The number of benzene rings is 1. The maximum Gasteiger partial charge on any atom is 0.217 e. The summed E-state index contributed by atoms with van der Waals surface area (Å²) in [7, 11) is 1.47. The molecule has 0 aliphatic carbocycles. The summed E-state index contributed by atoms with van der Waals surface area (Å²) in [6.07, 6.45) is 0.965. The minimum absolute atomic E-state index is 0.0602. The predicted octanol–water partition coefficient (Wildman–Crippen LogP) is 1.50. The first-order chi connectivity index (χ1) is 7.61. The third-order valence-electron chi connectivity index (χ3n) is 2.26. The van der Waals surface area contributed by atoms with Crippen molar-refractivity contribution in [3.8, 4) is 5.75 Å². The quantitative estimate of drug-likeness (QED) is 0.780. The number of phenols is 1. The molecule has 0 spiro atoms. The summed E-state index contributed by atoms with van der Waals surface area (Å²) < 4.78 is 14.4. The van der Waals surface area contributed by atoms with Gasteiger partial charge in [0.25, 0.3) is 0 Å². The van der Waals surface area contributed by atoms with Crippen molar-refractivity contribution in [1.82, 2.24) is 9.78 Å². The van der Waals surface area contributed by atoms with Gasteiger partial charge in [0, 0.05) is 7.05 Å². The normalized spacial score (nSPS) is 10.4. The number of carbonyl (C=O) groups is 1. The first-order valence-electron chi connectivity index (χ1n) is 4.61. The summed E-state index contributed by atoms with van der Waals surface area (Å²) in [6.45, 7) is 0. The van der Waals surface area contributed by atoms with E-state index in [1.165, 1.54) is 19.2 Å². The zero-order valence-electron chi connectivity index (χ0n) is 8.51. The lowest BCUT2D eigenvalue weighted by atomic mass is 10.1. The highest BCUT2D eigenvalue weighted by atomic mass is 19.1. The van der Waals surface area contributed by atoms with Gasteiger partial charge >= 0.3 is 0 Å². The van der Waals surface area contributed by atoms with Crippen LogP contribution in [-0.4, -0.2) is 20.7 Å². The van der Waals surface area contributed by atoms with E-state index >= 15 is 0 Å². The molecule has 0 saturated heterocycles. The second-order valence-electron chi connectivity index (χ2n) is 3.31. The van der Waals surface area contributed by atoms with E-state index < -0.39 is 11.6 Å². The molecular formula is C11H9FN2O2. The molecule has 0 atom stereocenters. The molecule has 1 aromatic carbocycles. The molecule has 0 aliphatic rings. The predicted molar refractivity (Wildman–Crippen MR) is 54.7 cm³/mol. The molecule has 1 N–H and O–H groups in total. The number of rotatable bonds is 2. The third-order valence-corrected chi connectivity index (χ3v) is 2.26. The summed E-state index contributed by atoms with van der Waals surface area (Å²) in [4.78, 5) is 11.9. The number of nitrogens with zero attached hydrogens (tertiary/aromatic N) is 2. The largest absolute Gasteiger partial charge is 0.507 e. The Morgan fingerprint density at radius 2 is 2.12 bits per heavy atom. The number of phenolic OH excluding ortho intramolecular Hbond substituents is 1. The van der Waals surface area contributed by atoms with Gasteiger partial charge in [0.15, 0.2) is 5.82 Å². The first kappa shape index (κ1) is 10.4. The van der Waals surface area contributed by atoms with Crippen LogP contribution in [0.15, 0.2) is 30.5 Å². The molecular weight excluding hydrogens is 211 g/mol. The summed E-state index contributed by atoms with van der Waals surface area (Å²) in [6, 6.07) is 6.00.